The maximum Gasteiger partial charge on any atom is 0.132 e. The van der Waals surface area contributed by atoms with Gasteiger partial charge in [-0.3, -0.25) is 9.78 Å². The molecule has 0 aliphatic carbocycles. The number of hydrogen-bond acceptors (Lipinski definition) is 2. The highest BCUT2D eigenvalue weighted by Crippen LogP contribution is 2.13. The molecule has 0 radical (unpaired) electrons. The third-order valence-electron chi connectivity index (χ3n) is 2.73. The van der Waals surface area contributed by atoms with Crippen LogP contribution in [0.15, 0.2) is 36.5 Å². The van der Waals surface area contributed by atoms with Gasteiger partial charge in [0, 0.05) is 24.4 Å². The maximum absolute atomic E-state index is 11.2. The van der Waals surface area contributed by atoms with Crippen LogP contribution >= 0.6 is 0 Å². The zero-order valence-electron chi connectivity index (χ0n) is 9.44. The van der Waals surface area contributed by atoms with Crippen molar-refractivity contribution in [1.82, 2.24) is 4.98 Å². The fourth-order valence-corrected chi connectivity index (χ4v) is 1.71. The number of para-hydroxylation sites is 1. The van der Waals surface area contributed by atoms with Gasteiger partial charge in [0.05, 0.1) is 5.52 Å². The fourth-order valence-electron chi connectivity index (χ4n) is 1.71. The van der Waals surface area contributed by atoms with Gasteiger partial charge < -0.3 is 0 Å². The van der Waals surface area contributed by atoms with E-state index in [0.717, 1.165) is 22.9 Å². The molecule has 0 aliphatic heterocycles. The predicted octanol–water partition coefficient (Wildman–Crippen LogP) is 3.15. The number of carbonyl (C=O) groups excluding carboxylic acids is 1. The lowest BCUT2D eigenvalue weighted by atomic mass is 10.1. The van der Waals surface area contributed by atoms with Gasteiger partial charge in [0.25, 0.3) is 0 Å². The normalized spacial score (nSPS) is 10.6. The van der Waals surface area contributed by atoms with Crippen LogP contribution in [0.4, 0.5) is 0 Å². The summed E-state index contributed by atoms with van der Waals surface area (Å²) in [7, 11) is 0. The number of carbonyl (C=O) groups is 1. The Morgan fingerprint density at radius 3 is 2.94 bits per heavy atom. The Bertz CT molecular complexity index is 505. The summed E-state index contributed by atoms with van der Waals surface area (Å²) in [6.07, 6.45) is 3.91. The Hall–Kier alpha value is -1.70. The molecule has 0 aliphatic rings. The van der Waals surface area contributed by atoms with Gasteiger partial charge in [-0.2, -0.15) is 0 Å². The number of fused-ring (bicyclic) bond motifs is 1. The molecule has 0 amide bonds. The van der Waals surface area contributed by atoms with E-state index in [1.807, 2.05) is 37.4 Å². The van der Waals surface area contributed by atoms with E-state index in [9.17, 15) is 4.79 Å². The number of ketones is 1. The van der Waals surface area contributed by atoms with Crippen molar-refractivity contribution < 1.29 is 4.79 Å². The van der Waals surface area contributed by atoms with E-state index in [2.05, 4.69) is 11.1 Å². The van der Waals surface area contributed by atoms with Gasteiger partial charge in [-0.15, -0.1) is 0 Å². The average Bonchev–Trinajstić information content (AvgIpc) is 2.35. The Balaban J connectivity index is 2.16. The molecule has 0 N–H and O–H groups in total. The minimum Gasteiger partial charge on any atom is -0.300 e. The second kappa shape index (κ2) is 4.88. The van der Waals surface area contributed by atoms with E-state index in [1.54, 1.807) is 0 Å². The number of benzene rings is 1. The van der Waals surface area contributed by atoms with Crippen molar-refractivity contribution in [2.75, 3.05) is 0 Å². The molecule has 1 aromatic carbocycles. The summed E-state index contributed by atoms with van der Waals surface area (Å²) in [5, 5.41) is 1.14. The minimum absolute atomic E-state index is 0.313. The van der Waals surface area contributed by atoms with Crippen LogP contribution in [-0.2, 0) is 11.2 Å². The van der Waals surface area contributed by atoms with Gasteiger partial charge in [-0.25, -0.2) is 0 Å². The van der Waals surface area contributed by atoms with Crippen LogP contribution in [0.2, 0.25) is 0 Å². The lowest BCUT2D eigenvalue weighted by molar-refractivity contribution is -0.118. The lowest BCUT2D eigenvalue weighted by Gasteiger charge is -2.02. The maximum atomic E-state index is 11.2. The number of Topliss-reactive ketones (excluding diaryl/α,β-unsaturated/α-hetero) is 1. The highest BCUT2D eigenvalue weighted by molar-refractivity contribution is 5.80. The minimum atomic E-state index is 0.313. The number of hydrogen-bond donors (Lipinski definition) is 0. The summed E-state index contributed by atoms with van der Waals surface area (Å²) in [5.41, 5.74) is 2.15. The van der Waals surface area contributed by atoms with Crippen molar-refractivity contribution in [3.63, 3.8) is 0 Å². The van der Waals surface area contributed by atoms with Crippen molar-refractivity contribution in [2.24, 2.45) is 0 Å². The van der Waals surface area contributed by atoms with Crippen LogP contribution in [-0.4, -0.2) is 10.8 Å². The first-order chi connectivity index (χ1) is 7.79. The van der Waals surface area contributed by atoms with Gasteiger partial charge in [-0.05, 0) is 24.1 Å². The number of aromatic nitrogens is 1. The molecule has 0 atom stereocenters. The van der Waals surface area contributed by atoms with Crippen molar-refractivity contribution in [1.29, 1.82) is 0 Å². The van der Waals surface area contributed by atoms with Crippen LogP contribution in [0.25, 0.3) is 10.9 Å². The molecule has 0 unspecified atom stereocenters. The summed E-state index contributed by atoms with van der Waals surface area (Å²) in [5.74, 6) is 0.313. The van der Waals surface area contributed by atoms with Crippen LogP contribution < -0.4 is 0 Å². The molecule has 2 nitrogen and oxygen atoms in total. The summed E-state index contributed by atoms with van der Waals surface area (Å²) in [6.45, 7) is 1.90. The third kappa shape index (κ3) is 2.45. The summed E-state index contributed by atoms with van der Waals surface area (Å²) in [6, 6.07) is 10.1. The molecular weight excluding hydrogens is 198 g/mol. The summed E-state index contributed by atoms with van der Waals surface area (Å²) < 4.78 is 0. The fraction of sp³-hybridized carbons (Fsp3) is 0.286. The summed E-state index contributed by atoms with van der Waals surface area (Å²) in [4.78, 5) is 15.6. The Kier molecular flexibility index (Phi) is 3.30. The van der Waals surface area contributed by atoms with E-state index >= 15 is 0 Å². The van der Waals surface area contributed by atoms with Gasteiger partial charge in [0.15, 0.2) is 0 Å². The number of pyridine rings is 1. The molecule has 0 bridgehead atoms. The Labute approximate surface area is 95.3 Å². The third-order valence-corrected chi connectivity index (χ3v) is 2.73. The molecule has 16 heavy (non-hydrogen) atoms. The number of nitrogens with zero attached hydrogens (tertiary/aromatic N) is 1. The van der Waals surface area contributed by atoms with Crippen LogP contribution in [0.1, 0.15) is 25.3 Å². The molecule has 2 heteroatoms. The number of aryl methyl sites for hydroxylation is 1. The van der Waals surface area contributed by atoms with E-state index in [0.29, 0.717) is 18.6 Å². The van der Waals surface area contributed by atoms with E-state index < -0.39 is 0 Å². The highest BCUT2D eigenvalue weighted by atomic mass is 16.1. The van der Waals surface area contributed by atoms with Crippen molar-refractivity contribution in [3.05, 3.63) is 42.1 Å². The van der Waals surface area contributed by atoms with Gasteiger partial charge in [0.2, 0.25) is 0 Å². The van der Waals surface area contributed by atoms with E-state index in [1.165, 1.54) is 0 Å². The SMILES string of the molecule is CCC(=O)CCc1cnc2ccccc2c1. The second-order valence-electron chi connectivity index (χ2n) is 3.93. The first-order valence-electron chi connectivity index (χ1n) is 5.65. The van der Waals surface area contributed by atoms with Gasteiger partial charge >= 0.3 is 0 Å². The van der Waals surface area contributed by atoms with Crippen molar-refractivity contribution >= 4 is 16.7 Å². The molecule has 0 saturated carbocycles. The van der Waals surface area contributed by atoms with Crippen molar-refractivity contribution in [3.8, 4) is 0 Å². The Morgan fingerprint density at radius 1 is 1.31 bits per heavy atom. The second-order valence-corrected chi connectivity index (χ2v) is 3.93. The predicted molar refractivity (Wildman–Crippen MR) is 65.4 cm³/mol. The number of rotatable bonds is 4. The summed E-state index contributed by atoms with van der Waals surface area (Å²) >= 11 is 0. The molecule has 0 fully saturated rings. The molecular formula is C14H15NO. The zero-order valence-corrected chi connectivity index (χ0v) is 9.44. The van der Waals surface area contributed by atoms with E-state index in [4.69, 9.17) is 0 Å². The molecule has 1 aromatic heterocycles. The average molecular weight is 213 g/mol. The van der Waals surface area contributed by atoms with Crippen LogP contribution in [0, 0.1) is 0 Å². The monoisotopic (exact) mass is 213 g/mol. The van der Waals surface area contributed by atoms with Gasteiger partial charge in [0.1, 0.15) is 5.78 Å². The van der Waals surface area contributed by atoms with Crippen LogP contribution in [0.5, 0.6) is 0 Å². The topological polar surface area (TPSA) is 30.0 Å². The molecule has 1 heterocycles. The van der Waals surface area contributed by atoms with Gasteiger partial charge in [-0.1, -0.05) is 25.1 Å². The first kappa shape index (κ1) is 10.8. The molecule has 82 valence electrons. The highest BCUT2D eigenvalue weighted by Gasteiger charge is 2.01. The largest absolute Gasteiger partial charge is 0.300 e. The molecule has 2 rings (SSSR count). The molecule has 0 saturated heterocycles. The quantitative estimate of drug-likeness (QED) is 0.781. The first-order valence-corrected chi connectivity index (χ1v) is 5.65. The smallest absolute Gasteiger partial charge is 0.132 e. The lowest BCUT2D eigenvalue weighted by Crippen LogP contribution is -1.98. The van der Waals surface area contributed by atoms with Crippen molar-refractivity contribution in [2.45, 2.75) is 26.2 Å². The standard InChI is InChI=1S/C14H15NO/c1-2-13(16)8-7-11-9-12-5-3-4-6-14(12)15-10-11/h3-6,9-10H,2,7-8H2,1H3. The molecule has 2 aromatic rings. The molecule has 0 spiro atoms. The zero-order chi connectivity index (χ0) is 11.4. The van der Waals surface area contributed by atoms with E-state index in [-0.39, 0.29) is 0 Å². The van der Waals surface area contributed by atoms with Crippen LogP contribution in [0.3, 0.4) is 0 Å². The Morgan fingerprint density at radius 2 is 2.12 bits per heavy atom.